The summed E-state index contributed by atoms with van der Waals surface area (Å²) in [4.78, 5) is 29.7. The lowest BCUT2D eigenvalue weighted by Crippen LogP contribution is -2.19. The molecule has 0 radical (unpaired) electrons. The van der Waals surface area contributed by atoms with Crippen LogP contribution in [0.25, 0.3) is 0 Å². The molecule has 0 saturated heterocycles. The number of para-hydroxylation sites is 4. The SMILES string of the molecule is O=C1Nc2ccccc2OCCSCCOc2ccccc2NC(=O)c2cccc1n2. The molecular formula is C23H21N3O4S. The lowest BCUT2D eigenvalue weighted by atomic mass is 10.2. The zero-order valence-electron chi connectivity index (χ0n) is 16.7. The van der Waals surface area contributed by atoms with Crippen LogP contribution in [0.3, 0.4) is 0 Å². The summed E-state index contributed by atoms with van der Waals surface area (Å²) >= 11 is 1.70. The minimum atomic E-state index is -0.426. The van der Waals surface area contributed by atoms with Crippen molar-refractivity contribution in [3.63, 3.8) is 0 Å². The van der Waals surface area contributed by atoms with Gasteiger partial charge in [-0.3, -0.25) is 9.59 Å². The molecule has 2 heterocycles. The van der Waals surface area contributed by atoms with Crippen molar-refractivity contribution in [2.45, 2.75) is 0 Å². The number of nitrogens with zero attached hydrogens (tertiary/aromatic N) is 1. The van der Waals surface area contributed by atoms with Crippen molar-refractivity contribution in [1.82, 2.24) is 4.98 Å². The number of amides is 2. The Morgan fingerprint density at radius 2 is 1.16 bits per heavy atom. The number of carbonyl (C=O) groups is 2. The standard InChI is InChI=1S/C23H21N3O4S/c27-22-18-8-5-9-19(24-18)23(28)26-17-7-2-4-11-21(17)30-13-15-31-14-12-29-20-10-3-1-6-16(20)25-22/h1-11H,12-15H2,(H,25,27)(H,26,28). The number of thioether (sulfide) groups is 1. The van der Waals surface area contributed by atoms with E-state index in [4.69, 9.17) is 9.47 Å². The Balaban J connectivity index is 1.63. The Bertz CT molecular complexity index is 1010. The summed E-state index contributed by atoms with van der Waals surface area (Å²) in [5.74, 6) is 1.85. The highest BCUT2D eigenvalue weighted by atomic mass is 32.2. The van der Waals surface area contributed by atoms with Crippen molar-refractivity contribution in [3.05, 3.63) is 78.1 Å². The van der Waals surface area contributed by atoms with E-state index in [-0.39, 0.29) is 11.4 Å². The molecule has 0 saturated carbocycles. The van der Waals surface area contributed by atoms with Gasteiger partial charge in [0.1, 0.15) is 22.9 Å². The predicted octanol–water partition coefficient (Wildman–Crippen LogP) is 4.09. The third kappa shape index (κ3) is 5.35. The minimum Gasteiger partial charge on any atom is -0.491 e. The fraction of sp³-hybridized carbons (Fsp3) is 0.174. The molecule has 4 rings (SSSR count). The van der Waals surface area contributed by atoms with E-state index in [0.717, 1.165) is 11.5 Å². The molecule has 1 aromatic heterocycles. The first-order valence-electron chi connectivity index (χ1n) is 9.82. The molecule has 2 bridgehead atoms. The van der Waals surface area contributed by atoms with Crippen molar-refractivity contribution < 1.29 is 19.1 Å². The van der Waals surface area contributed by atoms with Crippen LogP contribution in [-0.2, 0) is 0 Å². The predicted molar refractivity (Wildman–Crippen MR) is 121 cm³/mol. The molecule has 0 spiro atoms. The molecule has 0 unspecified atom stereocenters. The molecule has 3 aromatic rings. The zero-order chi connectivity index (χ0) is 21.5. The molecule has 2 N–H and O–H groups in total. The van der Waals surface area contributed by atoms with Crippen molar-refractivity contribution in [1.29, 1.82) is 0 Å². The Morgan fingerprint density at radius 3 is 1.68 bits per heavy atom. The van der Waals surface area contributed by atoms with Gasteiger partial charge in [0.25, 0.3) is 11.8 Å². The summed E-state index contributed by atoms with van der Waals surface area (Å²) in [6.07, 6.45) is 0. The number of nitrogens with one attached hydrogen (secondary N) is 2. The number of aromatic nitrogens is 1. The van der Waals surface area contributed by atoms with Gasteiger partial charge in [-0.05, 0) is 36.4 Å². The third-order valence-corrected chi connectivity index (χ3v) is 5.37. The number of fused-ring (bicyclic) bond motifs is 4. The maximum Gasteiger partial charge on any atom is 0.274 e. The van der Waals surface area contributed by atoms with Gasteiger partial charge in [-0.2, -0.15) is 11.8 Å². The minimum absolute atomic E-state index is 0.128. The number of hydrogen-bond acceptors (Lipinski definition) is 6. The van der Waals surface area contributed by atoms with E-state index in [9.17, 15) is 9.59 Å². The van der Waals surface area contributed by atoms with Crippen LogP contribution in [0.1, 0.15) is 21.0 Å². The monoisotopic (exact) mass is 435 g/mol. The van der Waals surface area contributed by atoms with Crippen LogP contribution in [0.15, 0.2) is 66.7 Å². The smallest absolute Gasteiger partial charge is 0.274 e. The van der Waals surface area contributed by atoms with Crippen LogP contribution < -0.4 is 20.1 Å². The van der Waals surface area contributed by atoms with Crippen molar-refractivity contribution in [2.75, 3.05) is 35.4 Å². The Labute approximate surface area is 184 Å². The molecule has 0 fully saturated rings. The highest BCUT2D eigenvalue weighted by Gasteiger charge is 2.16. The van der Waals surface area contributed by atoms with Crippen LogP contribution in [-0.4, -0.2) is 41.5 Å². The van der Waals surface area contributed by atoms with Crippen molar-refractivity contribution in [2.24, 2.45) is 0 Å². The molecule has 0 atom stereocenters. The highest BCUT2D eigenvalue weighted by molar-refractivity contribution is 7.99. The average Bonchev–Trinajstić information content (AvgIpc) is 2.80. The van der Waals surface area contributed by atoms with Gasteiger partial charge >= 0.3 is 0 Å². The number of hydrogen-bond donors (Lipinski definition) is 2. The van der Waals surface area contributed by atoms with Gasteiger partial charge in [0.05, 0.1) is 24.6 Å². The van der Waals surface area contributed by atoms with Crippen LogP contribution >= 0.6 is 11.8 Å². The van der Waals surface area contributed by atoms with E-state index in [0.29, 0.717) is 36.1 Å². The molecule has 0 aliphatic carbocycles. The number of benzene rings is 2. The molecule has 7 nitrogen and oxygen atoms in total. The molecule has 158 valence electrons. The van der Waals surface area contributed by atoms with E-state index in [1.165, 1.54) is 0 Å². The average molecular weight is 436 g/mol. The number of carbonyl (C=O) groups excluding carboxylic acids is 2. The van der Waals surface area contributed by atoms with Gasteiger partial charge in [-0.15, -0.1) is 0 Å². The largest absolute Gasteiger partial charge is 0.491 e. The van der Waals surface area contributed by atoms with Crippen molar-refractivity contribution in [3.8, 4) is 11.5 Å². The first kappa shape index (κ1) is 20.7. The molecular weight excluding hydrogens is 414 g/mol. The lowest BCUT2D eigenvalue weighted by molar-refractivity contribution is 0.101. The van der Waals surface area contributed by atoms with Gasteiger partial charge in [-0.1, -0.05) is 30.3 Å². The maximum atomic E-state index is 12.8. The number of rotatable bonds is 0. The topological polar surface area (TPSA) is 89.5 Å². The second-order valence-electron chi connectivity index (χ2n) is 6.62. The van der Waals surface area contributed by atoms with E-state index >= 15 is 0 Å². The quantitative estimate of drug-likeness (QED) is 0.553. The fourth-order valence-corrected chi connectivity index (χ4v) is 3.58. The van der Waals surface area contributed by atoms with E-state index < -0.39 is 11.8 Å². The van der Waals surface area contributed by atoms with Crippen LogP contribution in [0.4, 0.5) is 11.4 Å². The maximum absolute atomic E-state index is 12.8. The number of anilines is 2. The molecule has 31 heavy (non-hydrogen) atoms. The number of pyridine rings is 1. The fourth-order valence-electron chi connectivity index (χ4n) is 2.98. The first-order valence-corrected chi connectivity index (χ1v) is 11.0. The molecule has 2 amide bonds. The molecule has 8 heteroatoms. The van der Waals surface area contributed by atoms with Gasteiger partial charge in [0.2, 0.25) is 0 Å². The Kier molecular flexibility index (Phi) is 6.68. The van der Waals surface area contributed by atoms with Crippen LogP contribution in [0.2, 0.25) is 0 Å². The first-order chi connectivity index (χ1) is 15.2. The summed E-state index contributed by atoms with van der Waals surface area (Å²) in [7, 11) is 0. The summed E-state index contributed by atoms with van der Waals surface area (Å²) in [5, 5.41) is 5.64. The summed E-state index contributed by atoms with van der Waals surface area (Å²) in [6, 6.07) is 19.2. The van der Waals surface area contributed by atoms with E-state index in [2.05, 4.69) is 15.6 Å². The van der Waals surface area contributed by atoms with Gasteiger partial charge in [0.15, 0.2) is 0 Å². The van der Waals surface area contributed by atoms with E-state index in [1.54, 1.807) is 54.2 Å². The van der Waals surface area contributed by atoms with Gasteiger partial charge in [0, 0.05) is 11.5 Å². The molecule has 1 aliphatic rings. The van der Waals surface area contributed by atoms with Crippen LogP contribution in [0.5, 0.6) is 11.5 Å². The van der Waals surface area contributed by atoms with Gasteiger partial charge in [-0.25, -0.2) is 4.98 Å². The molecule has 1 aliphatic heterocycles. The summed E-state index contributed by atoms with van der Waals surface area (Å²) in [6.45, 7) is 0.996. The highest BCUT2D eigenvalue weighted by Crippen LogP contribution is 2.26. The Hall–Kier alpha value is -3.52. The van der Waals surface area contributed by atoms with Crippen molar-refractivity contribution >= 4 is 35.0 Å². The van der Waals surface area contributed by atoms with Gasteiger partial charge < -0.3 is 20.1 Å². The number of ether oxygens (including phenoxy) is 2. The Morgan fingerprint density at radius 1 is 0.677 bits per heavy atom. The third-order valence-electron chi connectivity index (χ3n) is 4.46. The normalized spacial score (nSPS) is 15.0. The summed E-state index contributed by atoms with van der Waals surface area (Å²) < 4.78 is 11.7. The van der Waals surface area contributed by atoms with Crippen LogP contribution in [0, 0.1) is 0 Å². The second-order valence-corrected chi connectivity index (χ2v) is 7.84. The zero-order valence-corrected chi connectivity index (χ0v) is 17.5. The molecule has 2 aromatic carbocycles. The lowest BCUT2D eigenvalue weighted by Gasteiger charge is -2.14. The second kappa shape index (κ2) is 9.99. The van der Waals surface area contributed by atoms with E-state index in [1.807, 2.05) is 24.3 Å². The summed E-state index contributed by atoms with van der Waals surface area (Å²) in [5.41, 5.74) is 1.35.